The van der Waals surface area contributed by atoms with Crippen LogP contribution in [-0.4, -0.2) is 44.2 Å². The predicted octanol–water partition coefficient (Wildman–Crippen LogP) is 1.92. The lowest BCUT2D eigenvalue weighted by molar-refractivity contribution is 0.250. The molecule has 1 aromatic carbocycles. The summed E-state index contributed by atoms with van der Waals surface area (Å²) in [5.41, 5.74) is 1.31. The molecule has 3 heteroatoms. The van der Waals surface area contributed by atoms with Gasteiger partial charge >= 0.3 is 0 Å². The van der Waals surface area contributed by atoms with Crippen LogP contribution in [0.2, 0.25) is 0 Å². The van der Waals surface area contributed by atoms with Gasteiger partial charge in [0.15, 0.2) is 0 Å². The van der Waals surface area contributed by atoms with Crippen molar-refractivity contribution >= 4 is 0 Å². The molecule has 1 heterocycles. The van der Waals surface area contributed by atoms with E-state index in [0.29, 0.717) is 12.1 Å². The maximum Gasteiger partial charge on any atom is 0.122 e. The number of methoxy groups -OCH3 is 1. The van der Waals surface area contributed by atoms with Crippen molar-refractivity contribution in [3.05, 3.63) is 29.8 Å². The summed E-state index contributed by atoms with van der Waals surface area (Å²) in [6.45, 7) is 4.67. The van der Waals surface area contributed by atoms with Gasteiger partial charge in [-0.3, -0.25) is 4.90 Å². The molecule has 1 saturated heterocycles. The Hall–Kier alpha value is -1.06. The first-order valence-corrected chi connectivity index (χ1v) is 6.77. The third-order valence-corrected chi connectivity index (χ3v) is 3.96. The number of ether oxygens (including phenoxy) is 1. The zero-order chi connectivity index (χ0) is 13.0. The quantitative estimate of drug-likeness (QED) is 0.861. The average molecular weight is 248 g/mol. The second-order valence-electron chi connectivity index (χ2n) is 5.13. The number of rotatable bonds is 5. The third-order valence-electron chi connectivity index (χ3n) is 3.96. The van der Waals surface area contributed by atoms with Gasteiger partial charge in [0.2, 0.25) is 0 Å². The van der Waals surface area contributed by atoms with E-state index in [0.717, 1.165) is 18.7 Å². The highest BCUT2D eigenvalue weighted by atomic mass is 16.5. The molecular formula is C15H24N2O. The Labute approximate surface area is 110 Å². The van der Waals surface area contributed by atoms with E-state index in [9.17, 15) is 0 Å². The van der Waals surface area contributed by atoms with Crippen LogP contribution < -0.4 is 10.1 Å². The minimum Gasteiger partial charge on any atom is -0.496 e. The lowest BCUT2D eigenvalue weighted by Gasteiger charge is -2.25. The zero-order valence-corrected chi connectivity index (χ0v) is 11.6. The monoisotopic (exact) mass is 248 g/mol. The summed E-state index contributed by atoms with van der Waals surface area (Å²) < 4.78 is 5.42. The molecule has 1 N–H and O–H groups in total. The van der Waals surface area contributed by atoms with Crippen molar-refractivity contribution in [2.75, 3.05) is 27.2 Å². The van der Waals surface area contributed by atoms with Crippen molar-refractivity contribution in [2.24, 2.45) is 0 Å². The summed E-state index contributed by atoms with van der Waals surface area (Å²) in [7, 11) is 3.80. The van der Waals surface area contributed by atoms with Gasteiger partial charge in [0, 0.05) is 25.2 Å². The molecule has 0 amide bonds. The van der Waals surface area contributed by atoms with Crippen LogP contribution in [0.25, 0.3) is 0 Å². The van der Waals surface area contributed by atoms with Gasteiger partial charge in [0.1, 0.15) is 5.75 Å². The fraction of sp³-hybridized carbons (Fsp3) is 0.600. The second-order valence-corrected chi connectivity index (χ2v) is 5.13. The van der Waals surface area contributed by atoms with Gasteiger partial charge in [-0.25, -0.2) is 0 Å². The molecule has 0 bridgehead atoms. The molecule has 2 atom stereocenters. The first kappa shape index (κ1) is 13.4. The SMILES string of the molecule is CNC1CCN(C(C)Cc2ccccc2OC)C1. The Kier molecular flexibility index (Phi) is 4.61. The molecule has 0 radical (unpaired) electrons. The van der Waals surface area contributed by atoms with E-state index in [1.165, 1.54) is 18.5 Å². The second kappa shape index (κ2) is 6.21. The minimum absolute atomic E-state index is 0.569. The van der Waals surface area contributed by atoms with Crippen LogP contribution in [0, 0.1) is 0 Å². The maximum atomic E-state index is 5.42. The molecule has 1 fully saturated rings. The number of likely N-dealkylation sites (tertiary alicyclic amines) is 1. The number of benzene rings is 1. The van der Waals surface area contributed by atoms with Crippen LogP contribution in [0.3, 0.4) is 0 Å². The molecule has 0 spiro atoms. The Morgan fingerprint density at radius 1 is 1.44 bits per heavy atom. The Bertz CT molecular complexity index is 381. The lowest BCUT2D eigenvalue weighted by Crippen LogP contribution is -2.36. The van der Waals surface area contributed by atoms with Crippen molar-refractivity contribution in [3.63, 3.8) is 0 Å². The zero-order valence-electron chi connectivity index (χ0n) is 11.6. The molecule has 3 nitrogen and oxygen atoms in total. The molecule has 0 aliphatic carbocycles. The highest BCUT2D eigenvalue weighted by Gasteiger charge is 2.25. The summed E-state index contributed by atoms with van der Waals surface area (Å²) in [4.78, 5) is 2.56. The van der Waals surface area contributed by atoms with Crippen LogP contribution in [-0.2, 0) is 6.42 Å². The van der Waals surface area contributed by atoms with E-state index in [1.54, 1.807) is 7.11 Å². The lowest BCUT2D eigenvalue weighted by atomic mass is 10.1. The average Bonchev–Trinajstić information content (AvgIpc) is 2.88. The number of nitrogens with zero attached hydrogens (tertiary/aromatic N) is 1. The Morgan fingerprint density at radius 3 is 2.89 bits per heavy atom. The molecule has 1 aliphatic rings. The van der Waals surface area contributed by atoms with Crippen LogP contribution >= 0.6 is 0 Å². The highest BCUT2D eigenvalue weighted by molar-refractivity contribution is 5.33. The first-order valence-electron chi connectivity index (χ1n) is 6.77. The molecular weight excluding hydrogens is 224 g/mol. The standard InChI is InChI=1S/C15H24N2O/c1-12(17-9-8-14(11-17)16-2)10-13-6-4-5-7-15(13)18-3/h4-7,12,14,16H,8-11H2,1-3H3. The van der Waals surface area contributed by atoms with Crippen molar-refractivity contribution in [3.8, 4) is 5.75 Å². The van der Waals surface area contributed by atoms with Crippen molar-refractivity contribution in [2.45, 2.75) is 31.8 Å². The van der Waals surface area contributed by atoms with E-state index in [-0.39, 0.29) is 0 Å². The summed E-state index contributed by atoms with van der Waals surface area (Å²) in [5.74, 6) is 1.01. The highest BCUT2D eigenvalue weighted by Crippen LogP contribution is 2.22. The number of likely N-dealkylation sites (N-methyl/N-ethyl adjacent to an activating group) is 1. The van der Waals surface area contributed by atoms with Gasteiger partial charge in [-0.15, -0.1) is 0 Å². The van der Waals surface area contributed by atoms with E-state index < -0.39 is 0 Å². The van der Waals surface area contributed by atoms with Gasteiger partial charge in [-0.2, -0.15) is 0 Å². The number of nitrogens with one attached hydrogen (secondary N) is 1. The largest absolute Gasteiger partial charge is 0.496 e. The fourth-order valence-corrected chi connectivity index (χ4v) is 2.74. The van der Waals surface area contributed by atoms with E-state index in [1.807, 2.05) is 12.1 Å². The number of para-hydroxylation sites is 1. The van der Waals surface area contributed by atoms with Crippen LogP contribution in [0.15, 0.2) is 24.3 Å². The minimum atomic E-state index is 0.569. The summed E-state index contributed by atoms with van der Waals surface area (Å²) in [5, 5.41) is 3.37. The smallest absolute Gasteiger partial charge is 0.122 e. The van der Waals surface area contributed by atoms with E-state index in [2.05, 4.69) is 36.3 Å². The van der Waals surface area contributed by atoms with Crippen LogP contribution in [0.4, 0.5) is 0 Å². The Balaban J connectivity index is 1.96. The molecule has 0 aromatic heterocycles. The number of hydrogen-bond donors (Lipinski definition) is 1. The molecule has 100 valence electrons. The van der Waals surface area contributed by atoms with Crippen LogP contribution in [0.1, 0.15) is 18.9 Å². The molecule has 18 heavy (non-hydrogen) atoms. The molecule has 2 rings (SSSR count). The molecule has 1 aromatic rings. The van der Waals surface area contributed by atoms with E-state index >= 15 is 0 Å². The summed E-state index contributed by atoms with van der Waals surface area (Å²) >= 11 is 0. The summed E-state index contributed by atoms with van der Waals surface area (Å²) in [6.07, 6.45) is 2.31. The van der Waals surface area contributed by atoms with Gasteiger partial charge in [-0.1, -0.05) is 18.2 Å². The maximum absolute atomic E-state index is 5.42. The first-order chi connectivity index (χ1) is 8.74. The van der Waals surface area contributed by atoms with Crippen molar-refractivity contribution in [1.82, 2.24) is 10.2 Å². The topological polar surface area (TPSA) is 24.5 Å². The van der Waals surface area contributed by atoms with Gasteiger partial charge in [0.25, 0.3) is 0 Å². The number of hydrogen-bond acceptors (Lipinski definition) is 3. The Morgan fingerprint density at radius 2 is 2.22 bits per heavy atom. The van der Waals surface area contributed by atoms with Gasteiger partial charge in [-0.05, 0) is 38.4 Å². The predicted molar refractivity (Wildman–Crippen MR) is 75.2 cm³/mol. The van der Waals surface area contributed by atoms with Crippen molar-refractivity contribution < 1.29 is 4.74 Å². The molecule has 0 saturated carbocycles. The normalized spacial score (nSPS) is 22.1. The van der Waals surface area contributed by atoms with Gasteiger partial charge in [0.05, 0.1) is 7.11 Å². The fourth-order valence-electron chi connectivity index (χ4n) is 2.74. The van der Waals surface area contributed by atoms with Crippen LogP contribution in [0.5, 0.6) is 5.75 Å². The molecule has 2 unspecified atom stereocenters. The molecule has 1 aliphatic heterocycles. The van der Waals surface area contributed by atoms with Crippen molar-refractivity contribution in [1.29, 1.82) is 0 Å². The van der Waals surface area contributed by atoms with Gasteiger partial charge < -0.3 is 10.1 Å². The van der Waals surface area contributed by atoms with E-state index in [4.69, 9.17) is 4.74 Å². The third kappa shape index (κ3) is 3.03. The summed E-state index contributed by atoms with van der Waals surface area (Å²) in [6, 6.07) is 9.55.